The van der Waals surface area contributed by atoms with Crippen LogP contribution in [0.1, 0.15) is 28.4 Å². The molecule has 30 heavy (non-hydrogen) atoms. The first-order chi connectivity index (χ1) is 14.5. The minimum absolute atomic E-state index is 0.157. The minimum atomic E-state index is -1.01. The normalized spacial score (nSPS) is 10.5. The predicted molar refractivity (Wildman–Crippen MR) is 119 cm³/mol. The standard InChI is InChI=1S/C23H21Cl2NO4/c1-2-29-21-5-3-4-17(22(21)30-14-15-6-9-18(24)10-7-15)13-26-20-12-16(23(27)28)8-11-19(20)25/h3-12,26H,2,13-14H2,1H3,(H,27,28). The number of carboxylic acids is 1. The number of ether oxygens (including phenoxy) is 2. The molecule has 0 radical (unpaired) electrons. The Hall–Kier alpha value is -2.89. The van der Waals surface area contributed by atoms with Crippen LogP contribution < -0.4 is 14.8 Å². The minimum Gasteiger partial charge on any atom is -0.490 e. The van der Waals surface area contributed by atoms with Crippen LogP contribution in [0.5, 0.6) is 11.5 Å². The Balaban J connectivity index is 1.81. The maximum Gasteiger partial charge on any atom is 0.335 e. The fourth-order valence-corrected chi connectivity index (χ4v) is 3.16. The van der Waals surface area contributed by atoms with Gasteiger partial charge in [0.25, 0.3) is 0 Å². The molecular formula is C23H21Cl2NO4. The molecule has 2 N–H and O–H groups in total. The number of hydrogen-bond donors (Lipinski definition) is 2. The number of carbonyl (C=O) groups is 1. The molecule has 0 aliphatic rings. The van der Waals surface area contributed by atoms with Gasteiger partial charge in [0.2, 0.25) is 0 Å². The molecule has 156 valence electrons. The average Bonchev–Trinajstić information content (AvgIpc) is 2.73. The van der Waals surface area contributed by atoms with Crippen LogP contribution in [0.4, 0.5) is 5.69 Å². The van der Waals surface area contributed by atoms with Gasteiger partial charge < -0.3 is 19.9 Å². The van der Waals surface area contributed by atoms with Gasteiger partial charge in [0, 0.05) is 17.1 Å². The smallest absolute Gasteiger partial charge is 0.335 e. The lowest BCUT2D eigenvalue weighted by atomic mass is 10.1. The summed E-state index contributed by atoms with van der Waals surface area (Å²) in [5, 5.41) is 13.5. The number of carboxylic acid groups (broad SMARTS) is 1. The van der Waals surface area contributed by atoms with E-state index in [1.165, 1.54) is 12.1 Å². The van der Waals surface area contributed by atoms with E-state index in [0.29, 0.717) is 47.0 Å². The molecule has 5 nitrogen and oxygen atoms in total. The van der Waals surface area contributed by atoms with E-state index in [0.717, 1.165) is 11.1 Å². The van der Waals surface area contributed by atoms with Crippen LogP contribution >= 0.6 is 23.2 Å². The van der Waals surface area contributed by atoms with Crippen LogP contribution in [-0.2, 0) is 13.2 Å². The lowest BCUT2D eigenvalue weighted by Gasteiger charge is -2.17. The Kier molecular flexibility index (Phi) is 7.44. The van der Waals surface area contributed by atoms with Gasteiger partial charge >= 0.3 is 5.97 Å². The number of hydrogen-bond acceptors (Lipinski definition) is 4. The van der Waals surface area contributed by atoms with E-state index in [9.17, 15) is 9.90 Å². The highest BCUT2D eigenvalue weighted by Gasteiger charge is 2.13. The van der Waals surface area contributed by atoms with Crippen molar-refractivity contribution < 1.29 is 19.4 Å². The first kappa shape index (κ1) is 21.8. The Morgan fingerprint density at radius 2 is 1.80 bits per heavy atom. The zero-order chi connectivity index (χ0) is 21.5. The van der Waals surface area contributed by atoms with Crippen LogP contribution in [0.15, 0.2) is 60.7 Å². The number of nitrogens with one attached hydrogen (secondary N) is 1. The number of aromatic carboxylic acids is 1. The van der Waals surface area contributed by atoms with Crippen molar-refractivity contribution in [3.05, 3.63) is 87.4 Å². The third kappa shape index (κ3) is 5.59. The largest absolute Gasteiger partial charge is 0.490 e. The Labute approximate surface area is 185 Å². The summed E-state index contributed by atoms with van der Waals surface area (Å²) >= 11 is 12.2. The molecule has 0 aliphatic heterocycles. The monoisotopic (exact) mass is 445 g/mol. The van der Waals surface area contributed by atoms with Gasteiger partial charge in [0.15, 0.2) is 11.5 Å². The van der Waals surface area contributed by atoms with E-state index in [1.54, 1.807) is 6.07 Å². The first-order valence-electron chi connectivity index (χ1n) is 9.36. The fourth-order valence-electron chi connectivity index (χ4n) is 2.85. The van der Waals surface area contributed by atoms with Crippen LogP contribution in [0, 0.1) is 0 Å². The van der Waals surface area contributed by atoms with Crippen molar-refractivity contribution in [1.82, 2.24) is 0 Å². The van der Waals surface area contributed by atoms with Crippen LogP contribution in [-0.4, -0.2) is 17.7 Å². The lowest BCUT2D eigenvalue weighted by Crippen LogP contribution is -2.07. The molecule has 7 heteroatoms. The molecule has 0 unspecified atom stereocenters. The van der Waals surface area contributed by atoms with Crippen molar-refractivity contribution in [3.8, 4) is 11.5 Å². The summed E-state index contributed by atoms with van der Waals surface area (Å²) in [5.41, 5.74) is 2.51. The molecule has 3 aromatic carbocycles. The van der Waals surface area contributed by atoms with E-state index in [4.69, 9.17) is 32.7 Å². The lowest BCUT2D eigenvalue weighted by molar-refractivity contribution is 0.0697. The van der Waals surface area contributed by atoms with E-state index in [-0.39, 0.29) is 5.56 Å². The summed E-state index contributed by atoms with van der Waals surface area (Å²) in [7, 11) is 0. The molecule has 0 amide bonds. The second-order valence-corrected chi connectivity index (χ2v) is 7.29. The highest BCUT2D eigenvalue weighted by Crippen LogP contribution is 2.33. The van der Waals surface area contributed by atoms with Gasteiger partial charge in [-0.15, -0.1) is 0 Å². The summed E-state index contributed by atoms with van der Waals surface area (Å²) in [6.45, 7) is 3.13. The second kappa shape index (κ2) is 10.2. The zero-order valence-electron chi connectivity index (χ0n) is 16.3. The van der Waals surface area contributed by atoms with Crippen molar-refractivity contribution in [2.75, 3.05) is 11.9 Å². The van der Waals surface area contributed by atoms with Crippen molar-refractivity contribution >= 4 is 34.9 Å². The molecule has 0 saturated heterocycles. The molecule has 0 aliphatic carbocycles. The molecular weight excluding hydrogens is 425 g/mol. The van der Waals surface area contributed by atoms with Crippen molar-refractivity contribution in [2.45, 2.75) is 20.1 Å². The maximum atomic E-state index is 11.2. The van der Waals surface area contributed by atoms with Gasteiger partial charge in [-0.25, -0.2) is 4.79 Å². The molecule has 3 aromatic rings. The molecule has 0 bridgehead atoms. The van der Waals surface area contributed by atoms with Gasteiger partial charge in [-0.2, -0.15) is 0 Å². The van der Waals surface area contributed by atoms with E-state index < -0.39 is 5.97 Å². The van der Waals surface area contributed by atoms with Crippen molar-refractivity contribution in [1.29, 1.82) is 0 Å². The summed E-state index contributed by atoms with van der Waals surface area (Å²) in [5.74, 6) is 0.239. The number of para-hydroxylation sites is 1. The maximum absolute atomic E-state index is 11.2. The number of anilines is 1. The summed E-state index contributed by atoms with van der Waals surface area (Å²) in [6.07, 6.45) is 0. The predicted octanol–water partition coefficient (Wildman–Crippen LogP) is 6.28. The Morgan fingerprint density at radius 3 is 2.50 bits per heavy atom. The second-order valence-electron chi connectivity index (χ2n) is 6.45. The van der Waals surface area contributed by atoms with Crippen LogP contribution in [0.25, 0.3) is 0 Å². The van der Waals surface area contributed by atoms with E-state index >= 15 is 0 Å². The molecule has 0 heterocycles. The summed E-state index contributed by atoms with van der Waals surface area (Å²) in [6, 6.07) is 17.6. The quantitative estimate of drug-likeness (QED) is 0.405. The zero-order valence-corrected chi connectivity index (χ0v) is 17.8. The van der Waals surface area contributed by atoms with Crippen LogP contribution in [0.3, 0.4) is 0 Å². The molecule has 3 rings (SSSR count). The van der Waals surface area contributed by atoms with Gasteiger partial charge in [-0.05, 0) is 48.9 Å². The van der Waals surface area contributed by atoms with Crippen molar-refractivity contribution in [2.24, 2.45) is 0 Å². The highest BCUT2D eigenvalue weighted by molar-refractivity contribution is 6.33. The molecule has 0 fully saturated rings. The average molecular weight is 446 g/mol. The van der Waals surface area contributed by atoms with Crippen LogP contribution in [0.2, 0.25) is 10.0 Å². The van der Waals surface area contributed by atoms with E-state index in [2.05, 4.69) is 5.32 Å². The third-order valence-corrected chi connectivity index (χ3v) is 4.92. The SMILES string of the molecule is CCOc1cccc(CNc2cc(C(=O)O)ccc2Cl)c1OCc1ccc(Cl)cc1. The third-order valence-electron chi connectivity index (χ3n) is 4.34. The van der Waals surface area contributed by atoms with Crippen molar-refractivity contribution in [3.63, 3.8) is 0 Å². The van der Waals surface area contributed by atoms with Gasteiger partial charge in [-0.1, -0.05) is 47.5 Å². The molecule has 0 atom stereocenters. The number of halogens is 2. The Morgan fingerprint density at radius 1 is 1.03 bits per heavy atom. The van der Waals surface area contributed by atoms with E-state index in [1.807, 2.05) is 49.4 Å². The number of rotatable bonds is 9. The first-order valence-corrected chi connectivity index (χ1v) is 10.1. The molecule has 0 saturated carbocycles. The topological polar surface area (TPSA) is 67.8 Å². The molecule has 0 spiro atoms. The molecule has 0 aromatic heterocycles. The highest BCUT2D eigenvalue weighted by atomic mass is 35.5. The van der Waals surface area contributed by atoms with Gasteiger partial charge in [0.05, 0.1) is 22.9 Å². The van der Waals surface area contributed by atoms with Gasteiger partial charge in [0.1, 0.15) is 6.61 Å². The number of benzene rings is 3. The van der Waals surface area contributed by atoms with Gasteiger partial charge in [-0.3, -0.25) is 0 Å². The summed E-state index contributed by atoms with van der Waals surface area (Å²) < 4.78 is 11.8. The summed E-state index contributed by atoms with van der Waals surface area (Å²) in [4.78, 5) is 11.2. The fraction of sp³-hybridized carbons (Fsp3) is 0.174. The Bertz CT molecular complexity index is 1020.